The van der Waals surface area contributed by atoms with Crippen molar-refractivity contribution in [3.05, 3.63) is 56.3 Å². The summed E-state index contributed by atoms with van der Waals surface area (Å²) in [4.78, 5) is 2.45. The molecule has 112 valence electrons. The molecule has 5 heteroatoms. The van der Waals surface area contributed by atoms with Crippen LogP contribution in [0, 0.1) is 18.6 Å². The Bertz CT molecular complexity index is 643. The lowest BCUT2D eigenvalue weighted by Gasteiger charge is -2.16. The van der Waals surface area contributed by atoms with Gasteiger partial charge in [-0.1, -0.05) is 12.1 Å². The van der Waals surface area contributed by atoms with Crippen LogP contribution in [0.2, 0.25) is 0 Å². The first-order valence-corrected chi connectivity index (χ1v) is 8.90. The number of benzene rings is 1. The zero-order chi connectivity index (χ0) is 15.0. The number of nitrogens with one attached hydrogen (secondary N) is 1. The molecule has 1 aliphatic rings. The number of rotatable bonds is 3. The van der Waals surface area contributed by atoms with Gasteiger partial charge in [-0.15, -0.1) is 11.3 Å². The van der Waals surface area contributed by atoms with Crippen molar-refractivity contribution in [3.63, 3.8) is 0 Å². The fourth-order valence-corrected chi connectivity index (χ4v) is 5.15. The molecule has 0 amide bonds. The minimum Gasteiger partial charge on any atom is -0.309 e. The Morgan fingerprint density at radius 2 is 2.05 bits per heavy atom. The van der Waals surface area contributed by atoms with E-state index in [0.717, 1.165) is 22.8 Å². The highest BCUT2D eigenvalue weighted by Gasteiger charge is 2.23. The van der Waals surface area contributed by atoms with Crippen LogP contribution < -0.4 is 5.32 Å². The van der Waals surface area contributed by atoms with Gasteiger partial charge in [0.05, 0.1) is 6.04 Å². The summed E-state index contributed by atoms with van der Waals surface area (Å²) in [5, 5.41) is 3.13. The van der Waals surface area contributed by atoms with Crippen LogP contribution in [0.1, 0.15) is 32.5 Å². The van der Waals surface area contributed by atoms with Gasteiger partial charge >= 0.3 is 0 Å². The van der Waals surface area contributed by atoms with Gasteiger partial charge < -0.3 is 5.32 Å². The number of thioether (sulfide) groups is 1. The zero-order valence-corrected chi connectivity index (χ0v) is 13.6. The molecule has 0 radical (unpaired) electrons. The Balaban J connectivity index is 2.02. The van der Waals surface area contributed by atoms with E-state index in [-0.39, 0.29) is 6.04 Å². The maximum Gasteiger partial charge on any atom is 0.164 e. The van der Waals surface area contributed by atoms with E-state index in [2.05, 4.69) is 11.4 Å². The molecule has 0 fully saturated rings. The SMILES string of the molecule is CNC(c1cc2c(s1)CCSC2)c1ccc(C)c(F)c1F. The van der Waals surface area contributed by atoms with E-state index in [1.165, 1.54) is 10.4 Å². The molecule has 1 nitrogen and oxygen atoms in total. The monoisotopic (exact) mass is 325 g/mol. The normalized spacial score (nSPS) is 15.8. The summed E-state index contributed by atoms with van der Waals surface area (Å²) in [7, 11) is 1.79. The van der Waals surface area contributed by atoms with Crippen molar-refractivity contribution in [1.82, 2.24) is 5.32 Å². The second-order valence-electron chi connectivity index (χ2n) is 5.22. The van der Waals surface area contributed by atoms with E-state index < -0.39 is 11.6 Å². The van der Waals surface area contributed by atoms with Crippen molar-refractivity contribution in [1.29, 1.82) is 0 Å². The van der Waals surface area contributed by atoms with Gasteiger partial charge in [0, 0.05) is 21.1 Å². The van der Waals surface area contributed by atoms with E-state index in [1.54, 1.807) is 37.4 Å². The predicted octanol–water partition coefficient (Wildman–Crippen LogP) is 4.43. The van der Waals surface area contributed by atoms with Crippen LogP contribution >= 0.6 is 23.1 Å². The van der Waals surface area contributed by atoms with Gasteiger partial charge in [0.15, 0.2) is 11.6 Å². The van der Waals surface area contributed by atoms with Gasteiger partial charge in [0.2, 0.25) is 0 Å². The molecule has 2 heterocycles. The van der Waals surface area contributed by atoms with Crippen molar-refractivity contribution in [2.24, 2.45) is 0 Å². The van der Waals surface area contributed by atoms with Gasteiger partial charge in [-0.25, -0.2) is 8.78 Å². The summed E-state index contributed by atoms with van der Waals surface area (Å²) < 4.78 is 28.1. The molecule has 1 N–H and O–H groups in total. The number of hydrogen-bond acceptors (Lipinski definition) is 3. The van der Waals surface area contributed by atoms with Crippen LogP contribution in [0.15, 0.2) is 18.2 Å². The Kier molecular flexibility index (Phi) is 4.33. The first kappa shape index (κ1) is 15.0. The first-order valence-electron chi connectivity index (χ1n) is 6.92. The van der Waals surface area contributed by atoms with E-state index >= 15 is 0 Å². The molecule has 0 saturated carbocycles. The summed E-state index contributed by atoms with van der Waals surface area (Å²) in [5.74, 6) is 0.678. The first-order chi connectivity index (χ1) is 10.1. The van der Waals surface area contributed by atoms with Crippen molar-refractivity contribution in [2.75, 3.05) is 12.8 Å². The maximum atomic E-state index is 14.3. The van der Waals surface area contributed by atoms with Crippen LogP contribution in [0.25, 0.3) is 0 Å². The summed E-state index contributed by atoms with van der Waals surface area (Å²) in [6.07, 6.45) is 1.08. The Morgan fingerprint density at radius 3 is 2.76 bits per heavy atom. The molecule has 21 heavy (non-hydrogen) atoms. The molecule has 1 unspecified atom stereocenters. The van der Waals surface area contributed by atoms with Gasteiger partial charge in [-0.2, -0.15) is 11.8 Å². The predicted molar refractivity (Wildman–Crippen MR) is 86.2 cm³/mol. The second-order valence-corrected chi connectivity index (χ2v) is 7.49. The third kappa shape index (κ3) is 2.74. The molecule has 0 saturated heterocycles. The average molecular weight is 325 g/mol. The standard InChI is InChI=1S/C16H17F2NS2/c1-9-3-4-11(15(18)14(9)17)16(19-2)13-7-10-8-20-6-5-12(10)21-13/h3-4,7,16,19H,5-6,8H2,1-2H3. The van der Waals surface area contributed by atoms with Crippen LogP contribution in [-0.2, 0) is 12.2 Å². The van der Waals surface area contributed by atoms with Crippen LogP contribution in [-0.4, -0.2) is 12.8 Å². The minimum absolute atomic E-state index is 0.291. The van der Waals surface area contributed by atoms with Gasteiger partial charge in [0.25, 0.3) is 0 Å². The van der Waals surface area contributed by atoms with E-state index in [1.807, 2.05) is 11.8 Å². The van der Waals surface area contributed by atoms with Crippen molar-refractivity contribution in [3.8, 4) is 0 Å². The van der Waals surface area contributed by atoms with E-state index in [0.29, 0.717) is 11.1 Å². The molecule has 0 spiro atoms. The molecule has 3 rings (SSSR count). The highest BCUT2D eigenvalue weighted by atomic mass is 32.2. The van der Waals surface area contributed by atoms with Crippen molar-refractivity contribution in [2.45, 2.75) is 25.1 Å². The highest BCUT2D eigenvalue weighted by molar-refractivity contribution is 7.98. The smallest absolute Gasteiger partial charge is 0.164 e. The van der Waals surface area contributed by atoms with Crippen LogP contribution in [0.4, 0.5) is 8.78 Å². The van der Waals surface area contributed by atoms with E-state index in [9.17, 15) is 8.78 Å². The molecule has 1 atom stereocenters. The molecule has 1 aromatic heterocycles. The summed E-state index contributed by atoms with van der Waals surface area (Å²) in [6, 6.07) is 5.18. The molecular formula is C16H17F2NS2. The molecule has 1 aromatic carbocycles. The number of thiophene rings is 1. The highest BCUT2D eigenvalue weighted by Crippen LogP contribution is 2.37. The second kappa shape index (κ2) is 6.07. The molecule has 1 aliphatic heterocycles. The maximum absolute atomic E-state index is 14.3. The van der Waals surface area contributed by atoms with Crippen molar-refractivity contribution < 1.29 is 8.78 Å². The lowest BCUT2D eigenvalue weighted by atomic mass is 10.0. The Hall–Kier alpha value is -0.910. The lowest BCUT2D eigenvalue weighted by Crippen LogP contribution is -2.18. The molecule has 0 bridgehead atoms. The Morgan fingerprint density at radius 1 is 1.24 bits per heavy atom. The molecule has 2 aromatic rings. The van der Waals surface area contributed by atoms with Crippen LogP contribution in [0.3, 0.4) is 0 Å². The third-order valence-corrected chi connectivity index (χ3v) is 6.15. The topological polar surface area (TPSA) is 12.0 Å². The number of halogens is 2. The quantitative estimate of drug-likeness (QED) is 0.896. The fourth-order valence-electron chi connectivity index (χ4n) is 2.65. The summed E-state index contributed by atoms with van der Waals surface area (Å²) in [5.41, 5.74) is 2.07. The average Bonchev–Trinajstić information content (AvgIpc) is 2.91. The number of fused-ring (bicyclic) bond motifs is 1. The fraction of sp³-hybridized carbons (Fsp3) is 0.375. The zero-order valence-electron chi connectivity index (χ0n) is 12.0. The summed E-state index contributed by atoms with van der Waals surface area (Å²) >= 11 is 3.64. The minimum atomic E-state index is -0.746. The Labute approximate surface area is 131 Å². The van der Waals surface area contributed by atoms with Gasteiger partial charge in [0.1, 0.15) is 0 Å². The van der Waals surface area contributed by atoms with Crippen molar-refractivity contribution >= 4 is 23.1 Å². The lowest BCUT2D eigenvalue weighted by molar-refractivity contribution is 0.483. The molecular weight excluding hydrogens is 308 g/mol. The molecule has 0 aliphatic carbocycles. The summed E-state index contributed by atoms with van der Waals surface area (Å²) in [6.45, 7) is 1.58. The largest absolute Gasteiger partial charge is 0.309 e. The number of hydrogen-bond donors (Lipinski definition) is 1. The van der Waals surface area contributed by atoms with Crippen LogP contribution in [0.5, 0.6) is 0 Å². The third-order valence-electron chi connectivity index (χ3n) is 3.84. The van der Waals surface area contributed by atoms with E-state index in [4.69, 9.17) is 0 Å². The number of aryl methyl sites for hydroxylation is 2. The van der Waals surface area contributed by atoms with Gasteiger partial charge in [-0.05, 0) is 43.3 Å². The van der Waals surface area contributed by atoms with Gasteiger partial charge in [-0.3, -0.25) is 0 Å².